The summed E-state index contributed by atoms with van der Waals surface area (Å²) in [5, 5.41) is 6.15. The van der Waals surface area contributed by atoms with Crippen LogP contribution in [0.4, 0.5) is 22.0 Å². The second kappa shape index (κ2) is 32.8. The molecule has 0 fully saturated rings. The van der Waals surface area contributed by atoms with Gasteiger partial charge in [-0.3, -0.25) is 9.59 Å². The van der Waals surface area contributed by atoms with Crippen LogP contribution in [0.15, 0.2) is 191 Å². The third-order valence-electron chi connectivity index (χ3n) is 15.0. The number of benzene rings is 7. The first-order valence-corrected chi connectivity index (χ1v) is 30.7. The van der Waals surface area contributed by atoms with Gasteiger partial charge in [0.05, 0.1) is 21.7 Å². The van der Waals surface area contributed by atoms with Crippen molar-refractivity contribution in [3.05, 3.63) is 193 Å². The van der Waals surface area contributed by atoms with Crippen LogP contribution < -0.4 is 9.47 Å². The lowest BCUT2D eigenvalue weighted by molar-refractivity contribution is -0.262. The number of esters is 2. The van der Waals surface area contributed by atoms with E-state index in [-0.39, 0.29) is 49.5 Å². The second-order valence-electron chi connectivity index (χ2n) is 22.4. The first kappa shape index (κ1) is 75.3. The minimum Gasteiger partial charge on any atom is -0.743 e. The molecule has 1 aliphatic rings. The first-order chi connectivity index (χ1) is 39.2. The Kier molecular flexibility index (Phi) is 28.8. The van der Waals surface area contributed by atoms with E-state index in [1.54, 1.807) is 12.1 Å². The topological polar surface area (TPSA) is 139 Å². The van der Waals surface area contributed by atoms with Crippen molar-refractivity contribution in [2.45, 2.75) is 186 Å². The van der Waals surface area contributed by atoms with E-state index >= 15 is 0 Å². The fraction of sp³-hybridized carbons (Fsp3) is 0.400. The number of rotatable bonds is 16. The van der Waals surface area contributed by atoms with E-state index in [4.69, 9.17) is 14.6 Å². The molecule has 4 unspecified atom stereocenters. The number of carbonyl (C=O) groups excluding carboxylic acids is 2. The maximum Gasteiger partial charge on any atom is 0.432 e. The summed E-state index contributed by atoms with van der Waals surface area (Å²) in [4.78, 5) is 27.1. The SMILES string of the molecule is C.C.CC1c2cccc3cccc(c23)C1C.CCC(C)(C)C(=O)OC(C(F)(F)F)C(F)(F)S(=O)(=O)[O-].CCC(C)(C)C(=O)Oc1ccc(O)cc1.CCC(C)c1ccc(OC(C)(C)CC)cc1.c1ccc([S+](c2ccccc2)c2ccccc2)cc1. The number of phenolic OH excluding ortho intramolecular Hbond substituents is 1. The van der Waals surface area contributed by atoms with Crippen molar-refractivity contribution in [3.8, 4) is 17.2 Å². The fourth-order valence-electron chi connectivity index (χ4n) is 8.04. The van der Waals surface area contributed by atoms with Crippen LogP contribution in [-0.2, 0) is 35.3 Å². The van der Waals surface area contributed by atoms with E-state index in [2.05, 4.69) is 205 Å². The molecular weight excluding hydrogens is 1140 g/mol. The molecule has 0 bridgehead atoms. The third kappa shape index (κ3) is 21.0. The Hall–Kier alpha value is -6.75. The molecule has 7 aromatic rings. The fourth-order valence-corrected chi connectivity index (χ4v) is 10.6. The van der Waals surface area contributed by atoms with E-state index in [9.17, 15) is 44.5 Å². The van der Waals surface area contributed by atoms with Crippen LogP contribution in [-0.4, -0.2) is 53.2 Å². The smallest absolute Gasteiger partial charge is 0.432 e. The largest absolute Gasteiger partial charge is 0.743 e. The zero-order valence-corrected chi connectivity index (χ0v) is 51.9. The van der Waals surface area contributed by atoms with Crippen molar-refractivity contribution < 1.29 is 63.8 Å². The molecule has 0 amide bonds. The van der Waals surface area contributed by atoms with Gasteiger partial charge < -0.3 is 23.9 Å². The number of carbonyl (C=O) groups is 2. The van der Waals surface area contributed by atoms with Gasteiger partial charge in [-0.1, -0.05) is 166 Å². The highest BCUT2D eigenvalue weighted by molar-refractivity contribution is 7.97. The molecule has 7 aromatic carbocycles. The van der Waals surface area contributed by atoms with E-state index in [1.165, 1.54) is 67.6 Å². The van der Waals surface area contributed by atoms with Gasteiger partial charge >= 0.3 is 23.4 Å². The average molecular weight is 1230 g/mol. The third-order valence-corrected chi connectivity index (χ3v) is 18.1. The average Bonchev–Trinajstić information content (AvgIpc) is 1.64. The number of alkyl halides is 5. The number of halogens is 5. The van der Waals surface area contributed by atoms with Crippen molar-refractivity contribution in [2.75, 3.05) is 0 Å². The molecule has 470 valence electrons. The maximum atomic E-state index is 13.0. The molecule has 0 radical (unpaired) electrons. The van der Waals surface area contributed by atoms with Gasteiger partial charge in [0.1, 0.15) is 22.8 Å². The van der Waals surface area contributed by atoms with Crippen LogP contribution >= 0.6 is 0 Å². The van der Waals surface area contributed by atoms with Gasteiger partial charge in [0.2, 0.25) is 0 Å². The van der Waals surface area contributed by atoms with E-state index in [0.717, 1.165) is 32.4 Å². The van der Waals surface area contributed by atoms with Crippen LogP contribution in [0.3, 0.4) is 0 Å². The molecule has 1 aliphatic carbocycles. The lowest BCUT2D eigenvalue weighted by Gasteiger charge is -2.32. The number of hydrogen-bond donors (Lipinski definition) is 1. The number of ether oxygens (including phenoxy) is 3. The first-order valence-electron chi connectivity index (χ1n) is 28.1. The predicted molar refractivity (Wildman–Crippen MR) is 338 cm³/mol. The Morgan fingerprint density at radius 2 is 0.965 bits per heavy atom. The minimum atomic E-state index is -6.66. The van der Waals surface area contributed by atoms with Crippen LogP contribution in [0.2, 0.25) is 0 Å². The van der Waals surface area contributed by atoms with Crippen molar-refractivity contribution in [1.82, 2.24) is 0 Å². The zero-order chi connectivity index (χ0) is 62.8. The summed E-state index contributed by atoms with van der Waals surface area (Å²) in [7, 11) is -6.68. The Balaban J connectivity index is 0.000000366. The summed E-state index contributed by atoms with van der Waals surface area (Å²) < 4.78 is 109. The Labute approximate surface area is 511 Å². The standard InChI is InChI=1S/C18H15S.C15H24O.C14H14.C12H16O3.C9H13F5O5S.2CH4/c1-4-10-16(11-5-1)19(17-12-6-2-7-13-17)18-14-8-3-9-15-18;1-6-12(3)13-8-10-14(11-9-13)16-15(4,5)7-2;1-9-10(2)13-8-4-6-11-5-3-7-12(9)14(11)13;1-4-12(2,3)11(14)15-10-7-5-9(13)6-8-10;1-4-7(2,3)6(15)19-5(8(10,11)12)9(13,14)20(16,17)18;;/h1-15H;8-12H,6-7H2,1-5H3;3-10H,1-2H3;5-8,13H,4H2,1-3H3;5H,4H2,1-3H3,(H,16,17,18);2*1H4/q+1;;;;;;/p-1. The zero-order valence-electron chi connectivity index (χ0n) is 50.3. The van der Waals surface area contributed by atoms with E-state index < -0.39 is 44.5 Å². The van der Waals surface area contributed by atoms with Gasteiger partial charge in [-0.05, 0) is 185 Å². The van der Waals surface area contributed by atoms with Crippen LogP contribution in [0.25, 0.3) is 10.8 Å². The molecule has 0 saturated heterocycles. The van der Waals surface area contributed by atoms with E-state index in [0.29, 0.717) is 23.5 Å². The number of hydrogen-bond acceptors (Lipinski definition) is 9. The van der Waals surface area contributed by atoms with Gasteiger partial charge in [0, 0.05) is 0 Å². The Morgan fingerprint density at radius 1 is 0.570 bits per heavy atom. The van der Waals surface area contributed by atoms with E-state index in [1.807, 2.05) is 20.8 Å². The summed E-state index contributed by atoms with van der Waals surface area (Å²) in [6, 6.07) is 60.1. The van der Waals surface area contributed by atoms with Crippen molar-refractivity contribution >= 4 is 43.7 Å². The highest BCUT2D eigenvalue weighted by Crippen LogP contribution is 2.46. The predicted octanol–water partition coefficient (Wildman–Crippen LogP) is 19.7. The van der Waals surface area contributed by atoms with Gasteiger partial charge in [-0.2, -0.15) is 22.0 Å². The molecule has 0 spiro atoms. The summed E-state index contributed by atoms with van der Waals surface area (Å²) in [6.45, 7) is 24.8. The maximum absolute atomic E-state index is 13.0. The lowest BCUT2D eigenvalue weighted by atomic mass is 9.90. The van der Waals surface area contributed by atoms with Crippen LogP contribution in [0, 0.1) is 10.8 Å². The normalized spacial score (nSPS) is 14.5. The molecule has 0 heterocycles. The summed E-state index contributed by atoms with van der Waals surface area (Å²) in [6.07, 6.45) is -7.40. The highest BCUT2D eigenvalue weighted by Gasteiger charge is 2.63. The van der Waals surface area contributed by atoms with Crippen molar-refractivity contribution in [2.24, 2.45) is 10.8 Å². The molecule has 0 saturated carbocycles. The molecule has 0 aromatic heterocycles. The second-order valence-corrected chi connectivity index (χ2v) is 25.9. The molecule has 0 aliphatic heterocycles. The quantitative estimate of drug-likeness (QED) is 0.0329. The van der Waals surface area contributed by atoms with Gasteiger partial charge in [-0.25, -0.2) is 8.42 Å². The van der Waals surface area contributed by atoms with Gasteiger partial charge in [-0.15, -0.1) is 0 Å². The van der Waals surface area contributed by atoms with Gasteiger partial charge in [0.15, 0.2) is 24.8 Å². The lowest BCUT2D eigenvalue weighted by Crippen LogP contribution is -2.53. The molecule has 4 atom stereocenters. The number of aromatic hydroxyl groups is 1. The molecule has 1 N–H and O–H groups in total. The Morgan fingerprint density at radius 3 is 1.33 bits per heavy atom. The highest BCUT2D eigenvalue weighted by atomic mass is 32.2. The minimum absolute atomic E-state index is 0. The number of phenols is 1. The molecule has 86 heavy (non-hydrogen) atoms. The Bertz CT molecular complexity index is 3130. The molecule has 8 rings (SSSR count). The van der Waals surface area contributed by atoms with Crippen molar-refractivity contribution in [1.29, 1.82) is 0 Å². The molecule has 9 nitrogen and oxygen atoms in total. The van der Waals surface area contributed by atoms with Crippen LogP contribution in [0.1, 0.15) is 165 Å². The molecular formula is C70H89F5O9S2. The van der Waals surface area contributed by atoms with Gasteiger partial charge in [0.25, 0.3) is 6.10 Å². The van der Waals surface area contributed by atoms with Crippen molar-refractivity contribution in [3.63, 3.8) is 0 Å². The monoisotopic (exact) mass is 1230 g/mol. The summed E-state index contributed by atoms with van der Waals surface area (Å²) in [5.41, 5.74) is 2.36. The molecule has 16 heteroatoms. The summed E-state index contributed by atoms with van der Waals surface area (Å²) >= 11 is 0. The van der Waals surface area contributed by atoms with Crippen LogP contribution in [0.5, 0.6) is 17.2 Å². The summed E-state index contributed by atoms with van der Waals surface area (Å²) in [5.74, 6) is 1.63.